The minimum atomic E-state index is 0.373. The minimum Gasteiger partial charge on any atom is -0.497 e. The highest BCUT2D eigenvalue weighted by Gasteiger charge is 2.21. The Bertz CT molecular complexity index is 614. The van der Waals surface area contributed by atoms with Crippen molar-refractivity contribution in [2.45, 2.75) is 45.7 Å². The average molecular weight is 286 g/mol. The summed E-state index contributed by atoms with van der Waals surface area (Å²) in [5, 5.41) is 7.67. The van der Waals surface area contributed by atoms with Gasteiger partial charge >= 0.3 is 0 Å². The molecule has 0 spiro atoms. The Morgan fingerprint density at radius 3 is 2.95 bits per heavy atom. The highest BCUT2D eigenvalue weighted by molar-refractivity contribution is 5.39. The highest BCUT2D eigenvalue weighted by atomic mass is 16.5. The largest absolute Gasteiger partial charge is 0.497 e. The van der Waals surface area contributed by atoms with Gasteiger partial charge in [0.2, 0.25) is 0 Å². The number of ether oxygens (including phenoxy) is 1. The van der Waals surface area contributed by atoms with E-state index in [1.54, 1.807) is 7.11 Å². The van der Waals surface area contributed by atoms with Crippen molar-refractivity contribution >= 4 is 0 Å². The molecule has 0 bridgehead atoms. The molecule has 1 heterocycles. The Morgan fingerprint density at radius 1 is 1.38 bits per heavy atom. The summed E-state index contributed by atoms with van der Waals surface area (Å²) >= 11 is 0. The first-order valence-electron chi connectivity index (χ1n) is 7.51. The fourth-order valence-electron chi connectivity index (χ4n) is 3.10. The second-order valence-electron chi connectivity index (χ2n) is 5.69. The van der Waals surface area contributed by atoms with E-state index >= 15 is 0 Å². The summed E-state index contributed by atoms with van der Waals surface area (Å²) in [5.41, 5.74) is 4.94. The van der Waals surface area contributed by atoms with Gasteiger partial charge in [0.25, 0.3) is 0 Å². The minimum absolute atomic E-state index is 0.373. The first-order chi connectivity index (χ1) is 10.2. The smallest absolute Gasteiger partial charge is 0.138 e. The summed E-state index contributed by atoms with van der Waals surface area (Å²) in [7, 11) is 1.72. The number of nitrogens with zero attached hydrogens (tertiary/aromatic N) is 1. The molecule has 1 aliphatic carbocycles. The molecule has 0 aliphatic heterocycles. The van der Waals surface area contributed by atoms with E-state index in [9.17, 15) is 0 Å². The molecule has 3 rings (SSSR count). The molecule has 1 aromatic heterocycles. The summed E-state index contributed by atoms with van der Waals surface area (Å²) in [6.45, 7) is 4.75. The van der Waals surface area contributed by atoms with Crippen molar-refractivity contribution in [2.75, 3.05) is 7.11 Å². The molecule has 1 aliphatic rings. The number of fused-ring (bicyclic) bond motifs is 1. The fourth-order valence-corrected chi connectivity index (χ4v) is 3.10. The Morgan fingerprint density at radius 2 is 2.24 bits per heavy atom. The maximum absolute atomic E-state index is 5.36. The summed E-state index contributed by atoms with van der Waals surface area (Å²) in [6.07, 6.45) is 3.53. The SMILES string of the molecule is COc1ccc2c(c1)C(NCc1c(C)noc1C)CCC2. The van der Waals surface area contributed by atoms with E-state index < -0.39 is 0 Å². The molecule has 0 saturated carbocycles. The summed E-state index contributed by atoms with van der Waals surface area (Å²) in [5.74, 6) is 1.83. The lowest BCUT2D eigenvalue weighted by Gasteiger charge is -2.27. The third kappa shape index (κ3) is 2.81. The third-order valence-electron chi connectivity index (χ3n) is 4.37. The zero-order valence-corrected chi connectivity index (χ0v) is 12.9. The van der Waals surface area contributed by atoms with Gasteiger partial charge in [-0.3, -0.25) is 0 Å². The van der Waals surface area contributed by atoms with Crippen molar-refractivity contribution in [1.29, 1.82) is 0 Å². The topological polar surface area (TPSA) is 47.3 Å². The van der Waals surface area contributed by atoms with E-state index in [0.29, 0.717) is 6.04 Å². The van der Waals surface area contributed by atoms with Gasteiger partial charge in [0.15, 0.2) is 0 Å². The predicted molar refractivity (Wildman–Crippen MR) is 81.5 cm³/mol. The van der Waals surface area contributed by atoms with Gasteiger partial charge in [-0.2, -0.15) is 0 Å². The van der Waals surface area contributed by atoms with Gasteiger partial charge < -0.3 is 14.6 Å². The van der Waals surface area contributed by atoms with Crippen LogP contribution in [0.5, 0.6) is 5.75 Å². The molecule has 4 heteroatoms. The zero-order valence-electron chi connectivity index (χ0n) is 12.9. The number of methoxy groups -OCH3 is 1. The van der Waals surface area contributed by atoms with E-state index in [-0.39, 0.29) is 0 Å². The molecule has 112 valence electrons. The van der Waals surface area contributed by atoms with E-state index in [4.69, 9.17) is 9.26 Å². The molecule has 2 aromatic rings. The van der Waals surface area contributed by atoms with Gasteiger partial charge in [-0.1, -0.05) is 11.2 Å². The van der Waals surface area contributed by atoms with Crippen molar-refractivity contribution in [3.63, 3.8) is 0 Å². The summed E-state index contributed by atoms with van der Waals surface area (Å²) in [6, 6.07) is 6.78. The van der Waals surface area contributed by atoms with Gasteiger partial charge in [-0.25, -0.2) is 0 Å². The molecule has 0 amide bonds. The Labute approximate surface area is 125 Å². The lowest BCUT2D eigenvalue weighted by atomic mass is 9.87. The number of benzene rings is 1. The van der Waals surface area contributed by atoms with Crippen LogP contribution in [0.15, 0.2) is 22.7 Å². The van der Waals surface area contributed by atoms with Crippen LogP contribution in [-0.4, -0.2) is 12.3 Å². The second kappa shape index (κ2) is 5.90. The predicted octanol–water partition coefficient (Wildman–Crippen LogP) is 3.47. The number of aromatic nitrogens is 1. The van der Waals surface area contributed by atoms with Gasteiger partial charge in [-0.15, -0.1) is 0 Å². The first kappa shape index (κ1) is 14.1. The number of rotatable bonds is 4. The van der Waals surface area contributed by atoms with E-state index in [2.05, 4.69) is 28.7 Å². The molecule has 1 atom stereocenters. The monoisotopic (exact) mass is 286 g/mol. The molecular formula is C17H22N2O2. The van der Waals surface area contributed by atoms with Crippen LogP contribution in [0.4, 0.5) is 0 Å². The molecule has 1 unspecified atom stereocenters. The molecular weight excluding hydrogens is 264 g/mol. The van der Waals surface area contributed by atoms with Crippen LogP contribution in [0.25, 0.3) is 0 Å². The maximum Gasteiger partial charge on any atom is 0.138 e. The van der Waals surface area contributed by atoms with Gasteiger partial charge in [-0.05, 0) is 56.4 Å². The number of hydrogen-bond donors (Lipinski definition) is 1. The lowest BCUT2D eigenvalue weighted by Crippen LogP contribution is -2.25. The van der Waals surface area contributed by atoms with Crippen molar-refractivity contribution < 1.29 is 9.26 Å². The van der Waals surface area contributed by atoms with Crippen LogP contribution >= 0.6 is 0 Å². The van der Waals surface area contributed by atoms with Crippen LogP contribution in [0.3, 0.4) is 0 Å². The third-order valence-corrected chi connectivity index (χ3v) is 4.37. The molecule has 21 heavy (non-hydrogen) atoms. The van der Waals surface area contributed by atoms with Crippen LogP contribution in [-0.2, 0) is 13.0 Å². The Hall–Kier alpha value is -1.81. The van der Waals surface area contributed by atoms with E-state index in [1.165, 1.54) is 23.1 Å². The van der Waals surface area contributed by atoms with E-state index in [1.807, 2.05) is 13.8 Å². The summed E-state index contributed by atoms with van der Waals surface area (Å²) in [4.78, 5) is 0. The Balaban J connectivity index is 1.79. The Kier molecular flexibility index (Phi) is 3.97. The van der Waals surface area contributed by atoms with Crippen LogP contribution in [0.2, 0.25) is 0 Å². The molecule has 1 aromatic carbocycles. The van der Waals surface area contributed by atoms with Crippen molar-refractivity contribution in [3.8, 4) is 5.75 Å². The van der Waals surface area contributed by atoms with Crippen LogP contribution in [0.1, 0.15) is 47.0 Å². The normalized spacial score (nSPS) is 17.6. The van der Waals surface area contributed by atoms with Crippen LogP contribution < -0.4 is 10.1 Å². The van der Waals surface area contributed by atoms with Crippen molar-refractivity contribution in [2.24, 2.45) is 0 Å². The van der Waals surface area contributed by atoms with Crippen molar-refractivity contribution in [1.82, 2.24) is 10.5 Å². The molecule has 0 fully saturated rings. The highest BCUT2D eigenvalue weighted by Crippen LogP contribution is 2.32. The van der Waals surface area contributed by atoms with Crippen molar-refractivity contribution in [3.05, 3.63) is 46.3 Å². The van der Waals surface area contributed by atoms with Gasteiger partial charge in [0.05, 0.1) is 12.8 Å². The quantitative estimate of drug-likeness (QED) is 0.935. The number of nitrogens with one attached hydrogen (secondary N) is 1. The van der Waals surface area contributed by atoms with Crippen LogP contribution in [0, 0.1) is 13.8 Å². The lowest BCUT2D eigenvalue weighted by molar-refractivity contribution is 0.390. The second-order valence-corrected chi connectivity index (χ2v) is 5.69. The molecule has 0 radical (unpaired) electrons. The van der Waals surface area contributed by atoms with Gasteiger partial charge in [0, 0.05) is 18.2 Å². The van der Waals surface area contributed by atoms with Gasteiger partial charge in [0.1, 0.15) is 11.5 Å². The zero-order chi connectivity index (χ0) is 14.8. The molecule has 4 nitrogen and oxygen atoms in total. The standard InChI is InChI=1S/C17H22N2O2/c1-11-16(12(2)21-19-11)10-18-17-6-4-5-13-7-8-14(20-3)9-15(13)17/h7-9,17-18H,4-6,10H2,1-3H3. The average Bonchev–Trinajstić information content (AvgIpc) is 2.83. The first-order valence-corrected chi connectivity index (χ1v) is 7.51. The fraction of sp³-hybridized carbons (Fsp3) is 0.471. The number of aryl methyl sites for hydroxylation is 3. The van der Waals surface area contributed by atoms with E-state index in [0.717, 1.165) is 36.6 Å². The summed E-state index contributed by atoms with van der Waals surface area (Å²) < 4.78 is 10.6. The molecule has 1 N–H and O–H groups in total. The number of hydrogen-bond acceptors (Lipinski definition) is 4. The molecule has 0 saturated heterocycles. The maximum atomic E-state index is 5.36.